The van der Waals surface area contributed by atoms with E-state index in [2.05, 4.69) is 11.0 Å². The minimum atomic E-state index is -0.0236. The van der Waals surface area contributed by atoms with Crippen molar-refractivity contribution in [2.75, 3.05) is 17.7 Å². The number of nitriles is 1. The van der Waals surface area contributed by atoms with Crippen LogP contribution in [0.3, 0.4) is 0 Å². The van der Waals surface area contributed by atoms with E-state index in [0.717, 1.165) is 22.2 Å². The van der Waals surface area contributed by atoms with Gasteiger partial charge in [0.15, 0.2) is 5.17 Å². The fourth-order valence-electron chi connectivity index (χ4n) is 3.49. The van der Waals surface area contributed by atoms with Gasteiger partial charge in [0.25, 0.3) is 0 Å². The molecule has 1 atom stereocenters. The number of hydrogen-bond donors (Lipinski definition) is 0. The van der Waals surface area contributed by atoms with E-state index in [0.29, 0.717) is 12.5 Å². The third-order valence-electron chi connectivity index (χ3n) is 4.86. The van der Waals surface area contributed by atoms with Crippen molar-refractivity contribution < 1.29 is 4.79 Å². The molecule has 0 spiro atoms. The first-order chi connectivity index (χ1) is 12.1. The lowest BCUT2D eigenvalue weighted by Crippen LogP contribution is -2.48. The fourth-order valence-corrected chi connectivity index (χ4v) is 4.70. The summed E-state index contributed by atoms with van der Waals surface area (Å²) in [6, 6.07) is 10.3. The molecule has 3 rings (SSSR count). The van der Waals surface area contributed by atoms with Gasteiger partial charge in [-0.3, -0.25) is 14.7 Å². The predicted octanol–water partition coefficient (Wildman–Crippen LogP) is 3.83. The zero-order chi connectivity index (χ0) is 17.8. The van der Waals surface area contributed by atoms with E-state index in [1.807, 2.05) is 36.2 Å². The van der Waals surface area contributed by atoms with Gasteiger partial charge in [0, 0.05) is 25.4 Å². The highest BCUT2D eigenvalue weighted by atomic mass is 35.5. The Bertz CT molecular complexity index is 694. The zero-order valence-electron chi connectivity index (χ0n) is 15.2. The summed E-state index contributed by atoms with van der Waals surface area (Å²) in [5, 5.41) is 9.85. The van der Waals surface area contributed by atoms with Gasteiger partial charge >= 0.3 is 0 Å². The molecule has 7 heteroatoms. The molecule has 1 saturated carbocycles. The fraction of sp³-hybridized carbons (Fsp3) is 0.526. The molecule has 26 heavy (non-hydrogen) atoms. The summed E-state index contributed by atoms with van der Waals surface area (Å²) < 4.78 is 0. The number of nitrogens with zero attached hydrogens (tertiary/aromatic N) is 4. The summed E-state index contributed by atoms with van der Waals surface area (Å²) in [5.74, 6) is 0.842. The Morgan fingerprint density at radius 3 is 2.58 bits per heavy atom. The van der Waals surface area contributed by atoms with Crippen LogP contribution < -0.4 is 4.90 Å². The highest BCUT2D eigenvalue weighted by Crippen LogP contribution is 2.31. The number of amides is 1. The van der Waals surface area contributed by atoms with E-state index in [1.54, 1.807) is 18.7 Å². The first kappa shape index (κ1) is 20.6. The van der Waals surface area contributed by atoms with Crippen molar-refractivity contribution >= 4 is 40.9 Å². The summed E-state index contributed by atoms with van der Waals surface area (Å²) in [4.78, 5) is 21.2. The highest BCUT2D eigenvalue weighted by Gasteiger charge is 2.35. The van der Waals surface area contributed by atoms with Crippen LogP contribution in [0, 0.1) is 11.3 Å². The molecule has 0 aromatic heterocycles. The average molecular weight is 393 g/mol. The number of carbonyl (C=O) groups is 1. The molecule has 0 radical (unpaired) electrons. The lowest BCUT2D eigenvalue weighted by atomic mass is 10.1. The molecule has 1 saturated heterocycles. The number of anilines is 1. The summed E-state index contributed by atoms with van der Waals surface area (Å²) in [6.45, 7) is 1.60. The van der Waals surface area contributed by atoms with Crippen LogP contribution in [-0.2, 0) is 11.2 Å². The standard InChI is InChI=1S/C19H24N4OS.ClH/c1-14(24)23(17-9-7-15(8-10-17)11-12-20)18-13-25-19(22(18)2)21-16-5-3-4-6-16;/h7-10,16,18H,3-6,11,13H2,1-2H3;1H. The van der Waals surface area contributed by atoms with Crippen molar-refractivity contribution in [1.82, 2.24) is 4.90 Å². The second-order valence-electron chi connectivity index (χ2n) is 6.64. The van der Waals surface area contributed by atoms with Crippen LogP contribution in [0.5, 0.6) is 0 Å². The predicted molar refractivity (Wildman–Crippen MR) is 110 cm³/mol. The average Bonchev–Trinajstić information content (AvgIpc) is 3.22. The Balaban J connectivity index is 0.00000243. The molecule has 1 aliphatic heterocycles. The lowest BCUT2D eigenvalue weighted by Gasteiger charge is -2.33. The Hall–Kier alpha value is -1.71. The number of aliphatic imine (C=N–C) groups is 1. The molecular formula is C19H25ClN4OS. The van der Waals surface area contributed by atoms with Gasteiger partial charge in [0.05, 0.1) is 18.5 Å². The van der Waals surface area contributed by atoms with Crippen LogP contribution in [-0.4, -0.2) is 41.0 Å². The lowest BCUT2D eigenvalue weighted by molar-refractivity contribution is -0.117. The van der Waals surface area contributed by atoms with Crippen LogP contribution in [0.25, 0.3) is 0 Å². The van der Waals surface area contributed by atoms with Gasteiger partial charge in [-0.1, -0.05) is 36.7 Å². The van der Waals surface area contributed by atoms with Gasteiger partial charge in [0.1, 0.15) is 6.17 Å². The quantitative estimate of drug-likeness (QED) is 0.781. The second-order valence-corrected chi connectivity index (χ2v) is 7.63. The van der Waals surface area contributed by atoms with Crippen molar-refractivity contribution in [1.29, 1.82) is 5.26 Å². The van der Waals surface area contributed by atoms with E-state index in [9.17, 15) is 4.79 Å². The first-order valence-corrected chi connectivity index (χ1v) is 9.78. The normalized spacial score (nSPS) is 21.5. The second kappa shape index (κ2) is 9.29. The molecule has 0 N–H and O–H groups in total. The van der Waals surface area contributed by atoms with E-state index >= 15 is 0 Å². The molecule has 2 aliphatic rings. The number of benzene rings is 1. The molecule has 1 heterocycles. The molecule has 0 bridgehead atoms. The number of carbonyl (C=O) groups excluding carboxylic acids is 1. The maximum atomic E-state index is 12.3. The third-order valence-corrected chi connectivity index (χ3v) is 5.98. The molecule has 1 amide bonds. The van der Waals surface area contributed by atoms with E-state index in [-0.39, 0.29) is 24.5 Å². The summed E-state index contributed by atoms with van der Waals surface area (Å²) >= 11 is 1.74. The number of rotatable bonds is 4. The molecule has 1 unspecified atom stereocenters. The number of hydrogen-bond acceptors (Lipinski definition) is 4. The van der Waals surface area contributed by atoms with Gasteiger partial charge in [-0.05, 0) is 30.5 Å². The Morgan fingerprint density at radius 2 is 2.00 bits per heavy atom. The van der Waals surface area contributed by atoms with Crippen LogP contribution in [0.15, 0.2) is 29.3 Å². The summed E-state index contributed by atoms with van der Waals surface area (Å²) in [5.41, 5.74) is 1.83. The van der Waals surface area contributed by atoms with Crippen LogP contribution in [0.1, 0.15) is 38.2 Å². The highest BCUT2D eigenvalue weighted by molar-refractivity contribution is 8.14. The Kier molecular flexibility index (Phi) is 7.36. The van der Waals surface area contributed by atoms with Crippen LogP contribution >= 0.6 is 24.2 Å². The molecule has 5 nitrogen and oxygen atoms in total. The van der Waals surface area contributed by atoms with Crippen molar-refractivity contribution in [3.63, 3.8) is 0 Å². The molecule has 2 fully saturated rings. The van der Waals surface area contributed by atoms with Gasteiger partial charge in [-0.25, -0.2) is 0 Å². The topological polar surface area (TPSA) is 59.7 Å². The SMILES string of the molecule is CC(=O)N(c1ccc(CC#N)cc1)C1CSC(=NC2CCCC2)N1C.Cl. The van der Waals surface area contributed by atoms with Crippen LogP contribution in [0.4, 0.5) is 5.69 Å². The number of halogens is 1. The van der Waals surface area contributed by atoms with Crippen LogP contribution in [0.2, 0.25) is 0 Å². The Morgan fingerprint density at radius 1 is 1.35 bits per heavy atom. The first-order valence-electron chi connectivity index (χ1n) is 8.79. The number of thioether (sulfide) groups is 1. The maximum absolute atomic E-state index is 12.3. The smallest absolute Gasteiger partial charge is 0.225 e. The largest absolute Gasteiger partial charge is 0.333 e. The van der Waals surface area contributed by atoms with Gasteiger partial charge in [-0.15, -0.1) is 12.4 Å². The summed E-state index contributed by atoms with van der Waals surface area (Å²) in [6.07, 6.45) is 5.27. The van der Waals surface area contributed by atoms with E-state index in [4.69, 9.17) is 10.3 Å². The Labute approximate surface area is 165 Å². The molecule has 140 valence electrons. The van der Waals surface area contributed by atoms with Crippen molar-refractivity contribution in [2.45, 2.75) is 51.2 Å². The summed E-state index contributed by atoms with van der Waals surface area (Å²) in [7, 11) is 2.03. The van der Waals surface area contributed by atoms with Gasteiger partial charge in [-0.2, -0.15) is 5.26 Å². The van der Waals surface area contributed by atoms with Crippen molar-refractivity contribution in [3.05, 3.63) is 29.8 Å². The molecule has 1 aliphatic carbocycles. The minimum Gasteiger partial charge on any atom is -0.333 e. The van der Waals surface area contributed by atoms with Crippen molar-refractivity contribution in [3.8, 4) is 6.07 Å². The van der Waals surface area contributed by atoms with Gasteiger partial charge in [0.2, 0.25) is 5.91 Å². The molecule has 1 aromatic rings. The van der Waals surface area contributed by atoms with E-state index in [1.165, 1.54) is 25.7 Å². The monoisotopic (exact) mass is 392 g/mol. The van der Waals surface area contributed by atoms with Gasteiger partial charge < -0.3 is 4.90 Å². The van der Waals surface area contributed by atoms with E-state index < -0.39 is 0 Å². The van der Waals surface area contributed by atoms with Crippen molar-refractivity contribution in [2.24, 2.45) is 4.99 Å². The molecular weight excluding hydrogens is 368 g/mol. The maximum Gasteiger partial charge on any atom is 0.225 e. The molecule has 1 aromatic carbocycles. The zero-order valence-corrected chi connectivity index (χ0v) is 16.9. The number of amidine groups is 1. The third kappa shape index (κ3) is 4.52. The minimum absolute atomic E-state index is 0.